The minimum Gasteiger partial charge on any atom is -0.456 e. The van der Waals surface area contributed by atoms with Crippen molar-refractivity contribution in [3.05, 3.63) is 133 Å². The van der Waals surface area contributed by atoms with Gasteiger partial charge in [0, 0.05) is 21.5 Å². The Labute approximate surface area is 240 Å². The van der Waals surface area contributed by atoms with Crippen molar-refractivity contribution < 1.29 is 8.83 Å². The topological polar surface area (TPSA) is 26.3 Å². The fourth-order valence-corrected chi connectivity index (χ4v) is 7.36. The maximum atomic E-state index is 6.32. The molecule has 0 aliphatic carbocycles. The Morgan fingerprint density at radius 3 is 1.57 bits per heavy atom. The van der Waals surface area contributed by atoms with Gasteiger partial charge in [0.25, 0.3) is 0 Å². The van der Waals surface area contributed by atoms with Crippen molar-refractivity contribution >= 4 is 76.2 Å². The van der Waals surface area contributed by atoms with E-state index in [1.807, 2.05) is 6.07 Å². The molecule has 0 fully saturated rings. The lowest BCUT2D eigenvalue weighted by molar-refractivity contribution is 0.669. The molecule has 0 atom stereocenters. The smallest absolute Gasteiger partial charge is 0.136 e. The first kappa shape index (κ1) is 22.1. The number of furan rings is 2. The molecule has 0 N–H and O–H groups in total. The van der Waals surface area contributed by atoms with Crippen molar-refractivity contribution in [3.8, 4) is 22.3 Å². The Morgan fingerprint density at radius 2 is 0.833 bits per heavy atom. The largest absolute Gasteiger partial charge is 0.456 e. The van der Waals surface area contributed by atoms with Gasteiger partial charge in [-0.2, -0.15) is 0 Å². The number of benzene rings is 8. The first-order valence-electron chi connectivity index (χ1n) is 14.4. The Hall–Kier alpha value is -5.60. The van der Waals surface area contributed by atoms with E-state index < -0.39 is 0 Å². The van der Waals surface area contributed by atoms with E-state index in [0.717, 1.165) is 33.1 Å². The predicted molar refractivity (Wildman–Crippen MR) is 176 cm³/mol. The second-order valence-electron chi connectivity index (χ2n) is 11.2. The van der Waals surface area contributed by atoms with E-state index in [1.54, 1.807) is 0 Å². The lowest BCUT2D eigenvalue weighted by Gasteiger charge is -2.19. The van der Waals surface area contributed by atoms with E-state index in [0.29, 0.717) is 0 Å². The third-order valence-electron chi connectivity index (χ3n) is 9.04. The molecule has 2 heterocycles. The van der Waals surface area contributed by atoms with E-state index in [-0.39, 0.29) is 0 Å². The minimum absolute atomic E-state index is 0.911. The molecule has 0 amide bonds. The Morgan fingerprint density at radius 1 is 0.286 bits per heavy atom. The lowest BCUT2D eigenvalue weighted by Crippen LogP contribution is -1.92. The van der Waals surface area contributed by atoms with Crippen LogP contribution in [-0.4, -0.2) is 0 Å². The van der Waals surface area contributed by atoms with Gasteiger partial charge in [-0.25, -0.2) is 0 Å². The molecular weight excluding hydrogens is 512 g/mol. The van der Waals surface area contributed by atoms with Crippen LogP contribution >= 0.6 is 0 Å². The second kappa shape index (κ2) is 7.99. The third-order valence-corrected chi connectivity index (χ3v) is 9.04. The zero-order valence-electron chi connectivity index (χ0n) is 22.5. The number of fused-ring (bicyclic) bond motifs is 5. The highest BCUT2D eigenvalue weighted by molar-refractivity contribution is 6.30. The normalized spacial score (nSPS) is 12.3. The predicted octanol–water partition coefficient (Wildman–Crippen LogP) is 11.7. The van der Waals surface area contributed by atoms with E-state index in [2.05, 4.69) is 127 Å². The van der Waals surface area contributed by atoms with Crippen LogP contribution in [0.4, 0.5) is 0 Å². The molecule has 2 heteroatoms. The Balaban J connectivity index is 1.39. The van der Waals surface area contributed by atoms with Gasteiger partial charge in [0.1, 0.15) is 22.3 Å². The van der Waals surface area contributed by atoms with Gasteiger partial charge in [0.15, 0.2) is 0 Å². The molecular formula is C40H22O2. The van der Waals surface area contributed by atoms with Crippen molar-refractivity contribution in [2.45, 2.75) is 0 Å². The van der Waals surface area contributed by atoms with Crippen molar-refractivity contribution in [1.82, 2.24) is 0 Å². The van der Waals surface area contributed by atoms with Crippen LogP contribution in [0.3, 0.4) is 0 Å². The molecule has 10 rings (SSSR count). The number of para-hydroxylation sites is 1. The molecule has 2 nitrogen and oxygen atoms in total. The second-order valence-corrected chi connectivity index (χ2v) is 11.2. The standard InChI is InChI=1S/C40H22O2/c1-3-12-26-24(10-1)37(28-21-22-35-40-29(28)20-19-23-9-7-17-33(42-35)36(23)40)25-11-2-4-13-27(25)38(26)31-15-8-18-34-39(31)30-14-5-6-16-32(30)41-34/h1-22H. The molecule has 0 aliphatic heterocycles. The van der Waals surface area contributed by atoms with E-state index in [9.17, 15) is 0 Å². The highest BCUT2D eigenvalue weighted by atomic mass is 16.3. The summed E-state index contributed by atoms with van der Waals surface area (Å²) < 4.78 is 12.6. The van der Waals surface area contributed by atoms with Gasteiger partial charge in [-0.1, -0.05) is 103 Å². The lowest BCUT2D eigenvalue weighted by atomic mass is 9.83. The van der Waals surface area contributed by atoms with Crippen molar-refractivity contribution in [2.24, 2.45) is 0 Å². The molecule has 0 saturated heterocycles. The number of hydrogen-bond acceptors (Lipinski definition) is 2. The first-order chi connectivity index (χ1) is 20.8. The van der Waals surface area contributed by atoms with Gasteiger partial charge in [-0.3, -0.25) is 0 Å². The SMILES string of the molecule is c1ccc2c(c1)oc1cccc(-c3c4ccccc4c(-c4ccc5oc6cccc7ccc4c5c76)c4ccccc34)c12. The zero-order chi connectivity index (χ0) is 27.4. The molecule has 2 aromatic heterocycles. The van der Waals surface area contributed by atoms with Crippen LogP contribution in [0.2, 0.25) is 0 Å². The van der Waals surface area contributed by atoms with Crippen LogP contribution in [-0.2, 0) is 0 Å². The molecule has 194 valence electrons. The monoisotopic (exact) mass is 534 g/mol. The Kier molecular flexibility index (Phi) is 4.21. The molecule has 0 unspecified atom stereocenters. The van der Waals surface area contributed by atoms with Gasteiger partial charge < -0.3 is 8.83 Å². The van der Waals surface area contributed by atoms with E-state index in [1.165, 1.54) is 65.3 Å². The summed E-state index contributed by atoms with van der Waals surface area (Å²) in [6, 6.07) is 47.7. The van der Waals surface area contributed by atoms with Crippen LogP contribution in [0, 0.1) is 0 Å². The summed E-state index contributed by atoms with van der Waals surface area (Å²) in [5.74, 6) is 0. The average Bonchev–Trinajstić information content (AvgIpc) is 3.62. The van der Waals surface area contributed by atoms with Crippen LogP contribution in [0.15, 0.2) is 142 Å². The molecule has 8 aromatic carbocycles. The van der Waals surface area contributed by atoms with Gasteiger partial charge >= 0.3 is 0 Å². The molecule has 0 aliphatic rings. The molecule has 0 radical (unpaired) electrons. The zero-order valence-corrected chi connectivity index (χ0v) is 22.5. The molecule has 0 spiro atoms. The van der Waals surface area contributed by atoms with Gasteiger partial charge in [-0.05, 0) is 84.9 Å². The maximum absolute atomic E-state index is 6.32. The fraction of sp³-hybridized carbons (Fsp3) is 0. The van der Waals surface area contributed by atoms with Gasteiger partial charge in [0.2, 0.25) is 0 Å². The van der Waals surface area contributed by atoms with Crippen molar-refractivity contribution in [3.63, 3.8) is 0 Å². The summed E-state index contributed by atoms with van der Waals surface area (Å²) in [5.41, 5.74) is 8.61. The third kappa shape index (κ3) is 2.78. The maximum Gasteiger partial charge on any atom is 0.136 e. The van der Waals surface area contributed by atoms with Gasteiger partial charge in [0.05, 0.1) is 0 Å². The van der Waals surface area contributed by atoms with Crippen LogP contribution in [0.25, 0.3) is 98.4 Å². The van der Waals surface area contributed by atoms with Crippen LogP contribution in [0.5, 0.6) is 0 Å². The van der Waals surface area contributed by atoms with Crippen LogP contribution < -0.4 is 0 Å². The van der Waals surface area contributed by atoms with Crippen molar-refractivity contribution in [2.75, 3.05) is 0 Å². The summed E-state index contributed by atoms with van der Waals surface area (Å²) in [5, 5.41) is 12.1. The summed E-state index contributed by atoms with van der Waals surface area (Å²) in [6.45, 7) is 0. The molecule has 42 heavy (non-hydrogen) atoms. The quantitative estimate of drug-likeness (QED) is 0.163. The van der Waals surface area contributed by atoms with Crippen LogP contribution in [0.1, 0.15) is 0 Å². The highest BCUT2D eigenvalue weighted by Gasteiger charge is 2.22. The summed E-state index contributed by atoms with van der Waals surface area (Å²) >= 11 is 0. The average molecular weight is 535 g/mol. The minimum atomic E-state index is 0.911. The molecule has 10 aromatic rings. The van der Waals surface area contributed by atoms with E-state index in [4.69, 9.17) is 8.83 Å². The van der Waals surface area contributed by atoms with Crippen molar-refractivity contribution in [1.29, 1.82) is 0 Å². The summed E-state index contributed by atoms with van der Waals surface area (Å²) in [6.07, 6.45) is 0. The van der Waals surface area contributed by atoms with Gasteiger partial charge in [-0.15, -0.1) is 0 Å². The molecule has 0 bridgehead atoms. The fourth-order valence-electron chi connectivity index (χ4n) is 7.36. The Bertz CT molecular complexity index is 2630. The summed E-state index contributed by atoms with van der Waals surface area (Å²) in [4.78, 5) is 0. The van der Waals surface area contributed by atoms with E-state index >= 15 is 0 Å². The number of hydrogen-bond donors (Lipinski definition) is 0. The molecule has 0 saturated carbocycles. The number of rotatable bonds is 2. The highest BCUT2D eigenvalue weighted by Crippen LogP contribution is 2.49. The first-order valence-corrected chi connectivity index (χ1v) is 14.4. The summed E-state index contributed by atoms with van der Waals surface area (Å²) in [7, 11) is 0.